The molecule has 0 saturated carbocycles. The van der Waals surface area contributed by atoms with Crippen molar-refractivity contribution in [1.82, 2.24) is 4.98 Å². The molecule has 0 aliphatic rings. The lowest BCUT2D eigenvalue weighted by atomic mass is 10.1. The summed E-state index contributed by atoms with van der Waals surface area (Å²) in [5, 5.41) is 14.1. The number of anilines is 1. The van der Waals surface area contributed by atoms with E-state index in [1.165, 1.54) is 17.4 Å². The highest BCUT2D eigenvalue weighted by atomic mass is 32.1. The lowest BCUT2D eigenvalue weighted by Gasteiger charge is -2.10. The summed E-state index contributed by atoms with van der Waals surface area (Å²) in [6.07, 6.45) is 0. The number of benzene rings is 1. The number of carboxylic acid groups (broad SMARTS) is 1. The number of ether oxygens (including phenoxy) is 1. The second-order valence-corrected chi connectivity index (χ2v) is 4.27. The van der Waals surface area contributed by atoms with E-state index in [0.29, 0.717) is 18.0 Å². The van der Waals surface area contributed by atoms with Crippen LogP contribution < -0.4 is 10.1 Å². The molecule has 18 heavy (non-hydrogen) atoms. The Kier molecular flexibility index (Phi) is 3.78. The molecule has 0 aliphatic carbocycles. The van der Waals surface area contributed by atoms with E-state index in [2.05, 4.69) is 10.3 Å². The molecule has 6 heteroatoms. The Morgan fingerprint density at radius 3 is 3.00 bits per heavy atom. The summed E-state index contributed by atoms with van der Waals surface area (Å²) in [6, 6.07) is 4.80. The molecule has 0 bridgehead atoms. The van der Waals surface area contributed by atoms with E-state index in [0.717, 1.165) is 5.69 Å². The fourth-order valence-electron chi connectivity index (χ4n) is 1.49. The van der Waals surface area contributed by atoms with E-state index >= 15 is 0 Å². The summed E-state index contributed by atoms with van der Waals surface area (Å²) >= 11 is 1.50. The minimum atomic E-state index is -0.974. The lowest BCUT2D eigenvalue weighted by Crippen LogP contribution is -2.06. The zero-order chi connectivity index (χ0) is 13.0. The number of aromatic carboxylic acids is 1. The highest BCUT2D eigenvalue weighted by Gasteiger charge is 2.11. The SMILES string of the molecule is COc1ccc(C(=O)O)c(NCc2cscn2)c1. The van der Waals surface area contributed by atoms with Gasteiger partial charge in [-0.3, -0.25) is 0 Å². The molecule has 0 atom stereocenters. The van der Waals surface area contributed by atoms with Gasteiger partial charge in [0.2, 0.25) is 0 Å². The molecule has 0 spiro atoms. The topological polar surface area (TPSA) is 71.5 Å². The van der Waals surface area contributed by atoms with Gasteiger partial charge in [-0.1, -0.05) is 0 Å². The summed E-state index contributed by atoms with van der Waals surface area (Å²) < 4.78 is 5.08. The Hall–Kier alpha value is -2.08. The molecule has 0 unspecified atom stereocenters. The number of carbonyl (C=O) groups is 1. The summed E-state index contributed by atoms with van der Waals surface area (Å²) in [5.74, 6) is -0.362. The number of thiazole rings is 1. The highest BCUT2D eigenvalue weighted by molar-refractivity contribution is 7.07. The van der Waals surface area contributed by atoms with Crippen molar-refractivity contribution >= 4 is 23.0 Å². The van der Waals surface area contributed by atoms with Gasteiger partial charge in [0.25, 0.3) is 0 Å². The highest BCUT2D eigenvalue weighted by Crippen LogP contribution is 2.23. The quantitative estimate of drug-likeness (QED) is 0.868. The van der Waals surface area contributed by atoms with Gasteiger partial charge in [-0.2, -0.15) is 0 Å². The molecular formula is C12H12N2O3S. The molecule has 1 heterocycles. The lowest BCUT2D eigenvalue weighted by molar-refractivity contribution is 0.0698. The van der Waals surface area contributed by atoms with Gasteiger partial charge in [-0.05, 0) is 12.1 Å². The van der Waals surface area contributed by atoms with Crippen molar-refractivity contribution in [3.8, 4) is 5.75 Å². The Morgan fingerprint density at radius 1 is 1.56 bits per heavy atom. The Bertz CT molecular complexity index is 540. The van der Waals surface area contributed by atoms with Crippen LogP contribution in [-0.2, 0) is 6.54 Å². The number of nitrogens with one attached hydrogen (secondary N) is 1. The molecule has 0 fully saturated rings. The Labute approximate surface area is 108 Å². The average Bonchev–Trinajstić information content (AvgIpc) is 2.88. The van der Waals surface area contributed by atoms with E-state index in [4.69, 9.17) is 9.84 Å². The standard InChI is InChI=1S/C12H12N2O3S/c1-17-9-2-3-10(12(15)16)11(4-9)13-5-8-6-18-7-14-8/h2-4,6-7,13H,5H2,1H3,(H,15,16). The van der Waals surface area contributed by atoms with Crippen molar-refractivity contribution in [2.45, 2.75) is 6.54 Å². The molecule has 1 aromatic heterocycles. The van der Waals surface area contributed by atoms with Crippen LogP contribution in [0.15, 0.2) is 29.1 Å². The zero-order valence-corrected chi connectivity index (χ0v) is 10.5. The Balaban J connectivity index is 2.20. The predicted molar refractivity (Wildman–Crippen MR) is 69.4 cm³/mol. The number of carboxylic acids is 1. The van der Waals surface area contributed by atoms with Crippen molar-refractivity contribution in [2.24, 2.45) is 0 Å². The first-order valence-electron chi connectivity index (χ1n) is 5.23. The number of rotatable bonds is 5. The fourth-order valence-corrected chi connectivity index (χ4v) is 2.05. The molecule has 2 N–H and O–H groups in total. The van der Waals surface area contributed by atoms with Gasteiger partial charge in [-0.25, -0.2) is 9.78 Å². The van der Waals surface area contributed by atoms with Crippen LogP contribution in [0.3, 0.4) is 0 Å². The molecule has 2 aromatic rings. The van der Waals surface area contributed by atoms with Crippen LogP contribution in [0.1, 0.15) is 16.1 Å². The third kappa shape index (κ3) is 2.78. The van der Waals surface area contributed by atoms with E-state index in [1.54, 1.807) is 24.8 Å². The zero-order valence-electron chi connectivity index (χ0n) is 9.71. The molecule has 2 rings (SSSR count). The number of aromatic nitrogens is 1. The number of hydrogen-bond acceptors (Lipinski definition) is 5. The molecule has 0 saturated heterocycles. The van der Waals surface area contributed by atoms with E-state index in [9.17, 15) is 4.79 Å². The molecule has 94 valence electrons. The van der Waals surface area contributed by atoms with E-state index in [1.807, 2.05) is 5.38 Å². The molecule has 5 nitrogen and oxygen atoms in total. The summed E-state index contributed by atoms with van der Waals surface area (Å²) in [7, 11) is 1.54. The van der Waals surface area contributed by atoms with Gasteiger partial charge in [0.15, 0.2) is 0 Å². The molecule has 0 aliphatic heterocycles. The summed E-state index contributed by atoms with van der Waals surface area (Å²) in [4.78, 5) is 15.2. The van der Waals surface area contributed by atoms with Crippen molar-refractivity contribution in [3.63, 3.8) is 0 Å². The Morgan fingerprint density at radius 2 is 2.39 bits per heavy atom. The third-order valence-corrected chi connectivity index (χ3v) is 3.04. The number of hydrogen-bond donors (Lipinski definition) is 2. The van der Waals surface area contributed by atoms with Crippen LogP contribution in [0.2, 0.25) is 0 Å². The van der Waals surface area contributed by atoms with Crippen LogP contribution in [0.25, 0.3) is 0 Å². The normalized spacial score (nSPS) is 10.1. The maximum atomic E-state index is 11.1. The van der Waals surface area contributed by atoms with Gasteiger partial charge in [-0.15, -0.1) is 11.3 Å². The van der Waals surface area contributed by atoms with Gasteiger partial charge in [0.05, 0.1) is 36.1 Å². The maximum Gasteiger partial charge on any atom is 0.337 e. The van der Waals surface area contributed by atoms with Gasteiger partial charge in [0, 0.05) is 11.4 Å². The van der Waals surface area contributed by atoms with Crippen LogP contribution in [-0.4, -0.2) is 23.2 Å². The predicted octanol–water partition coefficient (Wildman–Crippen LogP) is 2.46. The smallest absolute Gasteiger partial charge is 0.337 e. The third-order valence-electron chi connectivity index (χ3n) is 2.40. The fraction of sp³-hybridized carbons (Fsp3) is 0.167. The minimum absolute atomic E-state index is 0.214. The average molecular weight is 264 g/mol. The monoisotopic (exact) mass is 264 g/mol. The summed E-state index contributed by atoms with van der Waals surface area (Å²) in [5.41, 5.74) is 3.35. The van der Waals surface area contributed by atoms with Gasteiger partial charge in [0.1, 0.15) is 5.75 Å². The van der Waals surface area contributed by atoms with E-state index < -0.39 is 5.97 Å². The first kappa shape index (κ1) is 12.4. The van der Waals surface area contributed by atoms with Crippen LogP contribution in [0, 0.1) is 0 Å². The second-order valence-electron chi connectivity index (χ2n) is 3.55. The largest absolute Gasteiger partial charge is 0.497 e. The van der Waals surface area contributed by atoms with Crippen LogP contribution in [0.4, 0.5) is 5.69 Å². The maximum absolute atomic E-state index is 11.1. The molecule has 0 amide bonds. The molecular weight excluding hydrogens is 252 g/mol. The van der Waals surface area contributed by atoms with Crippen LogP contribution >= 0.6 is 11.3 Å². The van der Waals surface area contributed by atoms with Gasteiger partial charge >= 0.3 is 5.97 Å². The molecule has 1 aromatic carbocycles. The second kappa shape index (κ2) is 5.50. The van der Waals surface area contributed by atoms with Crippen molar-refractivity contribution < 1.29 is 14.6 Å². The first-order valence-corrected chi connectivity index (χ1v) is 6.17. The van der Waals surface area contributed by atoms with Crippen molar-refractivity contribution in [1.29, 1.82) is 0 Å². The van der Waals surface area contributed by atoms with Crippen molar-refractivity contribution in [2.75, 3.05) is 12.4 Å². The van der Waals surface area contributed by atoms with Gasteiger partial charge < -0.3 is 15.2 Å². The van der Waals surface area contributed by atoms with Crippen LogP contribution in [0.5, 0.6) is 5.75 Å². The minimum Gasteiger partial charge on any atom is -0.497 e. The first-order chi connectivity index (χ1) is 8.70. The number of nitrogens with zero attached hydrogens (tertiary/aromatic N) is 1. The molecule has 0 radical (unpaired) electrons. The van der Waals surface area contributed by atoms with E-state index in [-0.39, 0.29) is 5.56 Å². The van der Waals surface area contributed by atoms with Crippen molar-refractivity contribution in [3.05, 3.63) is 40.3 Å². The summed E-state index contributed by atoms with van der Waals surface area (Å²) in [6.45, 7) is 0.483. The number of methoxy groups -OCH3 is 1.